The molecule has 6 heteroatoms. The summed E-state index contributed by atoms with van der Waals surface area (Å²) in [7, 11) is 0. The third-order valence-electron chi connectivity index (χ3n) is 2.37. The average Bonchev–Trinajstić information content (AvgIpc) is 2.27. The number of nitro benzene ring substituents is 1. The van der Waals surface area contributed by atoms with E-state index >= 15 is 0 Å². The van der Waals surface area contributed by atoms with Gasteiger partial charge in [-0.3, -0.25) is 10.1 Å². The monoisotopic (exact) mass is 258 g/mol. The van der Waals surface area contributed by atoms with Crippen LogP contribution in [-0.4, -0.2) is 22.2 Å². The zero-order chi connectivity index (χ0) is 13.1. The lowest BCUT2D eigenvalue weighted by Crippen LogP contribution is -2.42. The summed E-state index contributed by atoms with van der Waals surface area (Å²) in [5.74, 6) is 0. The lowest BCUT2D eigenvalue weighted by Gasteiger charge is -2.23. The van der Waals surface area contributed by atoms with Gasteiger partial charge >= 0.3 is 0 Å². The van der Waals surface area contributed by atoms with Crippen LogP contribution in [-0.2, 0) is 6.54 Å². The quantitative estimate of drug-likeness (QED) is 0.627. The molecule has 0 atom stereocenters. The molecule has 0 aromatic heterocycles. The van der Waals surface area contributed by atoms with Crippen molar-refractivity contribution in [2.24, 2.45) is 0 Å². The molecule has 0 heterocycles. The number of hydrogen-bond donors (Lipinski definition) is 2. The highest BCUT2D eigenvalue weighted by atomic mass is 35.5. The number of rotatable bonds is 5. The van der Waals surface area contributed by atoms with Crippen molar-refractivity contribution in [1.82, 2.24) is 5.32 Å². The Morgan fingerprint density at radius 1 is 1.53 bits per heavy atom. The first kappa shape index (κ1) is 13.9. The van der Waals surface area contributed by atoms with Gasteiger partial charge in [0.1, 0.15) is 5.02 Å². The molecule has 0 saturated carbocycles. The molecular formula is C11H15ClN2O3. The number of benzene rings is 1. The van der Waals surface area contributed by atoms with E-state index in [2.05, 4.69) is 5.32 Å². The van der Waals surface area contributed by atoms with Crippen molar-refractivity contribution in [3.8, 4) is 0 Å². The van der Waals surface area contributed by atoms with Crippen LogP contribution in [0.3, 0.4) is 0 Å². The molecule has 0 bridgehead atoms. The number of aliphatic hydroxyl groups excluding tert-OH is 1. The maximum Gasteiger partial charge on any atom is 0.288 e. The van der Waals surface area contributed by atoms with Crippen LogP contribution in [0.25, 0.3) is 0 Å². The van der Waals surface area contributed by atoms with Crippen molar-refractivity contribution in [2.45, 2.75) is 25.9 Å². The van der Waals surface area contributed by atoms with Gasteiger partial charge in [-0.2, -0.15) is 0 Å². The summed E-state index contributed by atoms with van der Waals surface area (Å²) in [4.78, 5) is 10.2. The molecule has 0 unspecified atom stereocenters. The first-order valence-electron chi connectivity index (χ1n) is 5.14. The molecule has 0 aliphatic carbocycles. The van der Waals surface area contributed by atoms with E-state index in [0.29, 0.717) is 6.54 Å². The van der Waals surface area contributed by atoms with Crippen LogP contribution in [0, 0.1) is 10.1 Å². The summed E-state index contributed by atoms with van der Waals surface area (Å²) in [5.41, 5.74) is 0.226. The zero-order valence-electron chi connectivity index (χ0n) is 9.74. The van der Waals surface area contributed by atoms with Crippen LogP contribution in [0.1, 0.15) is 19.4 Å². The third-order valence-corrected chi connectivity index (χ3v) is 2.69. The topological polar surface area (TPSA) is 75.4 Å². The molecule has 0 radical (unpaired) electrons. The second kappa shape index (κ2) is 5.44. The second-order valence-corrected chi connectivity index (χ2v) is 4.85. The number of nitro groups is 1. The predicted molar refractivity (Wildman–Crippen MR) is 66.1 cm³/mol. The Morgan fingerprint density at radius 2 is 2.18 bits per heavy atom. The van der Waals surface area contributed by atoms with Gasteiger partial charge in [-0.05, 0) is 25.5 Å². The van der Waals surface area contributed by atoms with Crippen LogP contribution >= 0.6 is 11.6 Å². The molecule has 94 valence electrons. The molecule has 17 heavy (non-hydrogen) atoms. The van der Waals surface area contributed by atoms with Crippen molar-refractivity contribution in [3.63, 3.8) is 0 Å². The van der Waals surface area contributed by atoms with Crippen LogP contribution in [0.15, 0.2) is 18.2 Å². The fourth-order valence-corrected chi connectivity index (χ4v) is 1.39. The van der Waals surface area contributed by atoms with Crippen LogP contribution in [0.4, 0.5) is 5.69 Å². The Bertz CT molecular complexity index is 421. The van der Waals surface area contributed by atoms with Gasteiger partial charge in [0.2, 0.25) is 0 Å². The molecule has 0 saturated heterocycles. The summed E-state index contributed by atoms with van der Waals surface area (Å²) in [5, 5.41) is 23.0. The van der Waals surface area contributed by atoms with Crippen molar-refractivity contribution in [1.29, 1.82) is 0 Å². The van der Waals surface area contributed by atoms with Gasteiger partial charge in [-0.1, -0.05) is 17.7 Å². The average molecular weight is 259 g/mol. The Morgan fingerprint density at radius 3 is 2.71 bits per heavy atom. The standard InChI is InChI=1S/C11H15ClN2O3/c1-11(2,7-15)13-6-8-3-4-9(12)10(5-8)14(16)17/h3-5,13,15H,6-7H2,1-2H3. The Labute approximate surface area is 105 Å². The van der Waals surface area contributed by atoms with E-state index in [1.165, 1.54) is 12.1 Å². The van der Waals surface area contributed by atoms with Crippen LogP contribution < -0.4 is 5.32 Å². The Hall–Kier alpha value is -1.17. The van der Waals surface area contributed by atoms with E-state index in [-0.39, 0.29) is 17.3 Å². The first-order valence-corrected chi connectivity index (χ1v) is 5.52. The van der Waals surface area contributed by atoms with E-state index in [4.69, 9.17) is 16.7 Å². The van der Waals surface area contributed by atoms with Gasteiger partial charge in [0.15, 0.2) is 0 Å². The van der Waals surface area contributed by atoms with E-state index in [1.807, 2.05) is 13.8 Å². The summed E-state index contributed by atoms with van der Waals surface area (Å²) in [6.45, 7) is 4.11. The molecule has 1 rings (SSSR count). The number of aliphatic hydroxyl groups is 1. The largest absolute Gasteiger partial charge is 0.394 e. The number of nitrogens with one attached hydrogen (secondary N) is 1. The van der Waals surface area contributed by atoms with Gasteiger partial charge in [0.25, 0.3) is 5.69 Å². The normalized spacial score (nSPS) is 11.5. The molecule has 0 aliphatic heterocycles. The number of hydrogen-bond acceptors (Lipinski definition) is 4. The minimum atomic E-state index is -0.511. The molecule has 0 aliphatic rings. The zero-order valence-corrected chi connectivity index (χ0v) is 10.5. The van der Waals surface area contributed by atoms with Crippen LogP contribution in [0.2, 0.25) is 5.02 Å². The van der Waals surface area contributed by atoms with Gasteiger partial charge < -0.3 is 10.4 Å². The Kier molecular flexibility index (Phi) is 4.45. The second-order valence-electron chi connectivity index (χ2n) is 4.44. The van der Waals surface area contributed by atoms with Gasteiger partial charge in [0, 0.05) is 18.2 Å². The summed E-state index contributed by atoms with van der Waals surface area (Å²) >= 11 is 5.71. The van der Waals surface area contributed by atoms with Gasteiger partial charge in [0.05, 0.1) is 11.5 Å². The summed E-state index contributed by atoms with van der Waals surface area (Å²) < 4.78 is 0. The molecule has 1 aromatic rings. The van der Waals surface area contributed by atoms with Crippen molar-refractivity contribution >= 4 is 17.3 Å². The molecule has 5 nitrogen and oxygen atoms in total. The van der Waals surface area contributed by atoms with E-state index < -0.39 is 10.5 Å². The van der Waals surface area contributed by atoms with E-state index in [9.17, 15) is 10.1 Å². The summed E-state index contributed by atoms with van der Waals surface area (Å²) in [6, 6.07) is 4.65. The molecular weight excluding hydrogens is 244 g/mol. The fraction of sp³-hybridized carbons (Fsp3) is 0.455. The fourth-order valence-electron chi connectivity index (χ4n) is 1.21. The third kappa shape index (κ3) is 3.96. The molecule has 1 aromatic carbocycles. The van der Waals surface area contributed by atoms with Gasteiger partial charge in [-0.25, -0.2) is 0 Å². The van der Waals surface area contributed by atoms with Crippen LogP contribution in [0.5, 0.6) is 0 Å². The number of nitrogens with zero attached hydrogens (tertiary/aromatic N) is 1. The SMILES string of the molecule is CC(C)(CO)NCc1ccc(Cl)c([N+](=O)[O-])c1. The Balaban J connectivity index is 2.80. The summed E-state index contributed by atoms with van der Waals surface area (Å²) in [6.07, 6.45) is 0. The van der Waals surface area contributed by atoms with Crippen molar-refractivity contribution < 1.29 is 10.0 Å². The molecule has 0 fully saturated rings. The van der Waals surface area contributed by atoms with Crippen molar-refractivity contribution in [2.75, 3.05) is 6.61 Å². The molecule has 0 spiro atoms. The van der Waals surface area contributed by atoms with Gasteiger partial charge in [-0.15, -0.1) is 0 Å². The highest BCUT2D eigenvalue weighted by Crippen LogP contribution is 2.25. The molecule has 0 amide bonds. The lowest BCUT2D eigenvalue weighted by atomic mass is 10.1. The minimum absolute atomic E-state index is 0.0112. The molecule has 2 N–H and O–H groups in total. The van der Waals surface area contributed by atoms with E-state index in [1.54, 1.807) is 6.07 Å². The first-order chi connectivity index (χ1) is 7.85. The maximum atomic E-state index is 10.7. The van der Waals surface area contributed by atoms with E-state index in [0.717, 1.165) is 5.56 Å². The highest BCUT2D eigenvalue weighted by Gasteiger charge is 2.17. The maximum absolute atomic E-state index is 10.7. The minimum Gasteiger partial charge on any atom is -0.394 e. The smallest absolute Gasteiger partial charge is 0.288 e. The van der Waals surface area contributed by atoms with Crippen molar-refractivity contribution in [3.05, 3.63) is 38.9 Å². The predicted octanol–water partition coefficient (Wildman–Crippen LogP) is 2.11. The lowest BCUT2D eigenvalue weighted by molar-refractivity contribution is -0.384. The number of halogens is 1. The highest BCUT2D eigenvalue weighted by molar-refractivity contribution is 6.32.